The summed E-state index contributed by atoms with van der Waals surface area (Å²) in [5.74, 6) is -5.93. The Morgan fingerprint density at radius 1 is 0.784 bits per heavy atom. The third-order valence-electron chi connectivity index (χ3n) is 4.97. The molecular weight excluding hydrogens is 494 g/mol. The van der Waals surface area contributed by atoms with Crippen LogP contribution in [-0.4, -0.2) is 88.5 Å². The Bertz CT molecular complexity index is 861. The average molecular weight is 532 g/mol. The number of carboxylic acid groups (broad SMARTS) is 1. The minimum absolute atomic E-state index is 0.125. The van der Waals surface area contributed by atoms with Crippen molar-refractivity contribution in [3.05, 3.63) is 0 Å². The summed E-state index contributed by atoms with van der Waals surface area (Å²) >= 11 is 0. The number of carbonyl (C=O) groups is 6. The molecule has 0 heterocycles. The molecule has 5 atom stereocenters. The average Bonchev–Trinajstić information content (AvgIpc) is 2.78. The second-order valence-electron chi connectivity index (χ2n) is 8.25. The van der Waals surface area contributed by atoms with Gasteiger partial charge in [0.15, 0.2) is 5.96 Å². The molecule has 17 nitrogen and oxygen atoms in total. The Hall–Kier alpha value is -3.99. The summed E-state index contributed by atoms with van der Waals surface area (Å²) in [6.45, 7) is 1.38. The molecule has 210 valence electrons. The van der Waals surface area contributed by atoms with E-state index < -0.39 is 65.8 Å². The first-order chi connectivity index (χ1) is 17.1. The smallest absolute Gasteiger partial charge is 0.326 e. The Kier molecular flexibility index (Phi) is 14.8. The molecule has 0 aliphatic rings. The summed E-state index contributed by atoms with van der Waals surface area (Å²) in [6.07, 6.45) is -2.20. The van der Waals surface area contributed by atoms with Crippen LogP contribution in [0.2, 0.25) is 0 Å². The van der Waals surface area contributed by atoms with Crippen LogP contribution in [0.3, 0.4) is 0 Å². The predicted octanol–water partition coefficient (Wildman–Crippen LogP) is -5.18. The van der Waals surface area contributed by atoms with Gasteiger partial charge < -0.3 is 54.8 Å². The van der Waals surface area contributed by atoms with Crippen molar-refractivity contribution in [3.8, 4) is 0 Å². The first-order valence-corrected chi connectivity index (χ1v) is 11.3. The van der Waals surface area contributed by atoms with E-state index in [2.05, 4.69) is 20.9 Å². The second kappa shape index (κ2) is 16.6. The molecule has 0 aliphatic carbocycles. The largest absolute Gasteiger partial charge is 0.480 e. The summed E-state index contributed by atoms with van der Waals surface area (Å²) < 4.78 is 0. The van der Waals surface area contributed by atoms with Crippen molar-refractivity contribution in [2.75, 3.05) is 6.54 Å². The number of aliphatic hydroxyl groups is 1. The molecule has 0 saturated carbocycles. The first kappa shape index (κ1) is 33.0. The number of hydrogen-bond donors (Lipinski definition) is 10. The zero-order chi connectivity index (χ0) is 28.7. The van der Waals surface area contributed by atoms with E-state index in [1.807, 2.05) is 0 Å². The molecule has 0 rings (SSSR count). The normalized spacial score (nSPS) is 14.7. The highest BCUT2D eigenvalue weighted by Crippen LogP contribution is 2.05. The Morgan fingerprint density at radius 3 is 1.76 bits per heavy atom. The Labute approximate surface area is 212 Å². The summed E-state index contributed by atoms with van der Waals surface area (Å²) in [7, 11) is 0. The van der Waals surface area contributed by atoms with Crippen LogP contribution in [0.1, 0.15) is 45.4 Å². The van der Waals surface area contributed by atoms with E-state index in [0.717, 1.165) is 6.92 Å². The minimum atomic E-state index is -1.65. The number of carboxylic acids is 1. The van der Waals surface area contributed by atoms with Gasteiger partial charge in [-0.15, -0.1) is 0 Å². The molecule has 0 spiro atoms. The fraction of sp³-hybridized carbons (Fsp3) is 0.650. The summed E-state index contributed by atoms with van der Waals surface area (Å²) in [4.78, 5) is 75.3. The van der Waals surface area contributed by atoms with Gasteiger partial charge >= 0.3 is 5.97 Å². The number of rotatable bonds is 18. The maximum atomic E-state index is 12.9. The number of aliphatic hydroxyl groups excluding tert-OH is 1. The molecule has 5 amide bonds. The summed E-state index contributed by atoms with van der Waals surface area (Å²) in [5.41, 5.74) is 26.4. The highest BCUT2D eigenvalue weighted by Gasteiger charge is 2.32. The van der Waals surface area contributed by atoms with Crippen LogP contribution in [0.5, 0.6) is 0 Å². The van der Waals surface area contributed by atoms with Crippen LogP contribution in [0.4, 0.5) is 0 Å². The number of nitrogens with one attached hydrogen (secondary N) is 3. The molecule has 0 radical (unpaired) electrons. The van der Waals surface area contributed by atoms with Crippen LogP contribution in [0, 0.1) is 0 Å². The number of primary amides is 2. The van der Waals surface area contributed by atoms with Gasteiger partial charge in [-0.2, -0.15) is 0 Å². The third kappa shape index (κ3) is 14.2. The minimum Gasteiger partial charge on any atom is -0.480 e. The van der Waals surface area contributed by atoms with Crippen molar-refractivity contribution in [1.82, 2.24) is 16.0 Å². The van der Waals surface area contributed by atoms with Gasteiger partial charge in [0.2, 0.25) is 29.5 Å². The number of aliphatic carboxylic acids is 1. The number of amides is 5. The monoisotopic (exact) mass is 531 g/mol. The van der Waals surface area contributed by atoms with E-state index in [1.54, 1.807) is 0 Å². The molecule has 0 aromatic rings. The van der Waals surface area contributed by atoms with Gasteiger partial charge in [-0.25, -0.2) is 4.79 Å². The van der Waals surface area contributed by atoms with Crippen molar-refractivity contribution in [2.45, 2.75) is 75.7 Å². The lowest BCUT2D eigenvalue weighted by Crippen LogP contribution is -2.60. The number of nitrogens with zero attached hydrogens (tertiary/aromatic N) is 1. The van der Waals surface area contributed by atoms with Gasteiger partial charge in [-0.05, 0) is 32.6 Å². The zero-order valence-electron chi connectivity index (χ0n) is 20.5. The number of carbonyl (C=O) groups excluding carboxylic acids is 5. The lowest BCUT2D eigenvalue weighted by molar-refractivity contribution is -0.143. The van der Waals surface area contributed by atoms with Crippen LogP contribution in [-0.2, 0) is 28.8 Å². The van der Waals surface area contributed by atoms with Crippen molar-refractivity contribution in [3.63, 3.8) is 0 Å². The van der Waals surface area contributed by atoms with E-state index >= 15 is 0 Å². The first-order valence-electron chi connectivity index (χ1n) is 11.3. The topological polar surface area (TPSA) is 321 Å². The lowest BCUT2D eigenvalue weighted by atomic mass is 10.1. The molecule has 17 heteroatoms. The number of hydrogen-bond acceptors (Lipinski definition) is 9. The summed E-state index contributed by atoms with van der Waals surface area (Å²) in [5, 5.41) is 26.0. The van der Waals surface area contributed by atoms with Gasteiger partial charge in [-0.3, -0.25) is 29.0 Å². The Morgan fingerprint density at radius 2 is 1.30 bits per heavy atom. The maximum Gasteiger partial charge on any atom is 0.326 e. The molecule has 37 heavy (non-hydrogen) atoms. The molecule has 0 aliphatic heterocycles. The summed E-state index contributed by atoms with van der Waals surface area (Å²) in [6, 6.07) is -5.61. The van der Waals surface area contributed by atoms with E-state index in [0.29, 0.717) is 6.42 Å². The number of aliphatic imine (C=N–C) groups is 1. The van der Waals surface area contributed by atoms with E-state index in [1.165, 1.54) is 0 Å². The van der Waals surface area contributed by atoms with Crippen LogP contribution in [0.25, 0.3) is 0 Å². The fourth-order valence-electron chi connectivity index (χ4n) is 2.95. The lowest BCUT2D eigenvalue weighted by Gasteiger charge is -2.26. The highest BCUT2D eigenvalue weighted by atomic mass is 16.4. The van der Waals surface area contributed by atoms with Gasteiger partial charge in [0, 0.05) is 19.4 Å². The molecule has 5 unspecified atom stereocenters. The van der Waals surface area contributed by atoms with Crippen LogP contribution < -0.4 is 44.6 Å². The van der Waals surface area contributed by atoms with E-state index in [4.69, 9.17) is 28.7 Å². The Balaban J connectivity index is 5.42. The number of nitrogens with two attached hydrogens (primary N) is 5. The van der Waals surface area contributed by atoms with Gasteiger partial charge in [-0.1, -0.05) is 0 Å². The SMILES string of the molecule is CC(O)C(NC(=O)C(CCC(N)=O)NC(=O)C(N)CCCN=C(N)N)C(=O)NC(CCC(N)=O)C(=O)O. The van der Waals surface area contributed by atoms with Crippen molar-refractivity contribution < 1.29 is 39.0 Å². The van der Waals surface area contributed by atoms with Gasteiger partial charge in [0.05, 0.1) is 12.1 Å². The van der Waals surface area contributed by atoms with E-state index in [9.17, 15) is 39.0 Å². The van der Waals surface area contributed by atoms with Crippen LogP contribution >= 0.6 is 0 Å². The second-order valence-corrected chi connectivity index (χ2v) is 8.25. The van der Waals surface area contributed by atoms with Gasteiger partial charge in [0.25, 0.3) is 0 Å². The van der Waals surface area contributed by atoms with Crippen molar-refractivity contribution in [1.29, 1.82) is 0 Å². The molecule has 0 aromatic carbocycles. The van der Waals surface area contributed by atoms with Crippen molar-refractivity contribution in [2.24, 2.45) is 33.7 Å². The number of guanidine groups is 1. The molecule has 0 saturated heterocycles. The molecular formula is C20H37N9O8. The van der Waals surface area contributed by atoms with Crippen molar-refractivity contribution >= 4 is 41.5 Å². The quantitative estimate of drug-likeness (QED) is 0.0452. The molecule has 15 N–H and O–H groups in total. The van der Waals surface area contributed by atoms with Crippen LogP contribution in [0.15, 0.2) is 4.99 Å². The standard InChI is InChI=1S/C20H37N9O8/c1-9(30)15(18(35)28-12(19(36)37)5-7-14(23)32)29-17(34)11(4-6-13(22)31)27-16(33)10(21)3-2-8-26-20(24)25/h9-12,15,30H,2-8,21H2,1H3,(H2,22,31)(H2,23,32)(H,27,33)(H,28,35)(H,29,34)(H,36,37)(H4,24,25,26). The molecule has 0 bridgehead atoms. The molecule has 0 aromatic heterocycles. The molecule has 0 fully saturated rings. The highest BCUT2D eigenvalue weighted by molar-refractivity contribution is 5.94. The van der Waals surface area contributed by atoms with E-state index in [-0.39, 0.29) is 44.6 Å². The maximum absolute atomic E-state index is 12.9. The zero-order valence-corrected chi connectivity index (χ0v) is 20.5. The third-order valence-corrected chi connectivity index (χ3v) is 4.97. The van der Waals surface area contributed by atoms with Gasteiger partial charge in [0.1, 0.15) is 18.1 Å². The fourth-order valence-corrected chi connectivity index (χ4v) is 2.95. The predicted molar refractivity (Wildman–Crippen MR) is 130 cm³/mol.